The van der Waals surface area contributed by atoms with E-state index >= 15 is 0 Å². The number of pyridine rings is 1. The Labute approximate surface area is 93.9 Å². The van der Waals surface area contributed by atoms with Crippen molar-refractivity contribution in [3.05, 3.63) is 48.4 Å². The van der Waals surface area contributed by atoms with E-state index in [-0.39, 0.29) is 12.3 Å². The largest absolute Gasteiger partial charge is 0.390 e. The number of allylic oxidation sites excluding steroid dienone is 2. The average molecular weight is 213 g/mol. The molecule has 80 valence electrons. The molecular formula is C12H11N3O. The second-order valence-corrected chi connectivity index (χ2v) is 3.04. The summed E-state index contributed by atoms with van der Waals surface area (Å²) in [5.41, 5.74) is 2.14. The van der Waals surface area contributed by atoms with Gasteiger partial charge >= 0.3 is 0 Å². The summed E-state index contributed by atoms with van der Waals surface area (Å²) >= 11 is 0. The normalized spacial score (nSPS) is 10.0. The molecule has 1 aromatic heterocycles. The Hall–Kier alpha value is -2.25. The summed E-state index contributed by atoms with van der Waals surface area (Å²) in [7, 11) is 0. The van der Waals surface area contributed by atoms with E-state index in [1.165, 1.54) is 6.21 Å². The average Bonchev–Trinajstić information content (AvgIpc) is 2.35. The van der Waals surface area contributed by atoms with Crippen LogP contribution in [0.3, 0.4) is 0 Å². The second kappa shape index (κ2) is 5.59. The summed E-state index contributed by atoms with van der Waals surface area (Å²) in [6.45, 7) is 7.11. The van der Waals surface area contributed by atoms with Gasteiger partial charge in [0, 0.05) is 18.0 Å². The van der Waals surface area contributed by atoms with Crippen molar-refractivity contribution in [2.45, 2.75) is 6.61 Å². The van der Waals surface area contributed by atoms with Crippen LogP contribution in [-0.2, 0) is 6.61 Å². The Bertz CT molecular complexity index is 466. The zero-order chi connectivity index (χ0) is 12.0. The van der Waals surface area contributed by atoms with Crippen LogP contribution in [0.2, 0.25) is 0 Å². The summed E-state index contributed by atoms with van der Waals surface area (Å²) in [5, 5.41) is 17.3. The lowest BCUT2D eigenvalue weighted by Crippen LogP contribution is -1.91. The number of rotatable bonds is 4. The Morgan fingerprint density at radius 2 is 2.31 bits per heavy atom. The maximum atomic E-state index is 8.82. The fourth-order valence-corrected chi connectivity index (χ4v) is 0.967. The third kappa shape index (κ3) is 3.15. The molecule has 0 aliphatic carbocycles. The van der Waals surface area contributed by atoms with Crippen LogP contribution in [0.1, 0.15) is 11.3 Å². The van der Waals surface area contributed by atoms with Crippen LogP contribution in [0.15, 0.2) is 42.2 Å². The molecule has 0 saturated heterocycles. The van der Waals surface area contributed by atoms with Gasteiger partial charge in [0.1, 0.15) is 11.8 Å². The van der Waals surface area contributed by atoms with Gasteiger partial charge in [0.2, 0.25) is 0 Å². The number of aliphatic hydroxyl groups is 1. The van der Waals surface area contributed by atoms with Gasteiger partial charge in [-0.2, -0.15) is 5.26 Å². The summed E-state index contributed by atoms with van der Waals surface area (Å²) < 4.78 is 0. The molecule has 0 bridgehead atoms. The molecule has 1 N–H and O–H groups in total. The smallest absolute Gasteiger partial charge is 0.133 e. The van der Waals surface area contributed by atoms with Crippen molar-refractivity contribution in [2.24, 2.45) is 4.99 Å². The first-order valence-electron chi connectivity index (χ1n) is 4.55. The first kappa shape index (κ1) is 11.8. The highest BCUT2D eigenvalue weighted by Gasteiger charge is 1.97. The van der Waals surface area contributed by atoms with Gasteiger partial charge in [-0.25, -0.2) is 4.99 Å². The molecule has 0 saturated carbocycles. The van der Waals surface area contributed by atoms with E-state index in [9.17, 15) is 0 Å². The molecule has 0 fully saturated rings. The summed E-state index contributed by atoms with van der Waals surface area (Å²) in [5.74, 6) is 0. The van der Waals surface area contributed by atoms with Gasteiger partial charge < -0.3 is 5.11 Å². The van der Waals surface area contributed by atoms with E-state index in [0.717, 1.165) is 5.56 Å². The van der Waals surface area contributed by atoms with E-state index in [1.54, 1.807) is 18.3 Å². The number of aromatic nitrogens is 1. The van der Waals surface area contributed by atoms with Gasteiger partial charge in [-0.1, -0.05) is 19.2 Å². The third-order valence-corrected chi connectivity index (χ3v) is 1.86. The summed E-state index contributed by atoms with van der Waals surface area (Å²) in [6.07, 6.45) is 3.05. The topological polar surface area (TPSA) is 69.3 Å². The van der Waals surface area contributed by atoms with Gasteiger partial charge in [-0.15, -0.1) is 0 Å². The molecule has 0 unspecified atom stereocenters. The number of nitrogens with zero attached hydrogens (tertiary/aromatic N) is 3. The molecule has 0 amide bonds. The molecule has 4 nitrogen and oxygen atoms in total. The molecule has 0 aliphatic rings. The highest BCUT2D eigenvalue weighted by molar-refractivity contribution is 6.09. The van der Waals surface area contributed by atoms with Gasteiger partial charge in [0.15, 0.2) is 0 Å². The number of hydrogen-bond donors (Lipinski definition) is 1. The first-order chi connectivity index (χ1) is 7.67. The zero-order valence-electron chi connectivity index (χ0n) is 8.72. The van der Waals surface area contributed by atoms with E-state index in [2.05, 4.69) is 23.1 Å². The maximum Gasteiger partial charge on any atom is 0.133 e. The standard InChI is InChI=1S/C12H11N3O/c1-9(6-14-10(2)5-13)11-3-4-12(8-16)15-7-11/h3-4,6-7,16H,1-2,8H2/b14-6+. The van der Waals surface area contributed by atoms with E-state index in [1.807, 2.05) is 6.07 Å². The second-order valence-electron chi connectivity index (χ2n) is 3.04. The zero-order valence-corrected chi connectivity index (χ0v) is 8.72. The SMILES string of the molecule is C=C(C#N)/N=C/C(=C)c1ccc(CO)nc1. The van der Waals surface area contributed by atoms with Crippen LogP contribution in [0.5, 0.6) is 0 Å². The van der Waals surface area contributed by atoms with Crippen molar-refractivity contribution in [3.63, 3.8) is 0 Å². The van der Waals surface area contributed by atoms with Crippen LogP contribution in [0.25, 0.3) is 5.57 Å². The Morgan fingerprint density at radius 1 is 1.56 bits per heavy atom. The Morgan fingerprint density at radius 3 is 2.81 bits per heavy atom. The number of hydrogen-bond acceptors (Lipinski definition) is 4. The summed E-state index contributed by atoms with van der Waals surface area (Å²) in [6, 6.07) is 5.29. The molecule has 0 spiro atoms. The van der Waals surface area contributed by atoms with Crippen LogP contribution in [0, 0.1) is 11.3 Å². The van der Waals surface area contributed by atoms with Crippen molar-refractivity contribution in [1.82, 2.24) is 4.98 Å². The molecule has 1 rings (SSSR count). The number of nitriles is 1. The molecule has 0 radical (unpaired) electrons. The van der Waals surface area contributed by atoms with E-state index in [0.29, 0.717) is 11.3 Å². The number of aliphatic imine (C=N–C) groups is 1. The number of aliphatic hydroxyl groups excluding tert-OH is 1. The lowest BCUT2D eigenvalue weighted by Gasteiger charge is -2.00. The van der Waals surface area contributed by atoms with Crippen molar-refractivity contribution in [2.75, 3.05) is 0 Å². The highest BCUT2D eigenvalue weighted by Crippen LogP contribution is 2.10. The summed E-state index contributed by atoms with van der Waals surface area (Å²) in [4.78, 5) is 7.81. The third-order valence-electron chi connectivity index (χ3n) is 1.86. The van der Waals surface area contributed by atoms with Gasteiger partial charge in [0.05, 0.1) is 12.3 Å². The Balaban J connectivity index is 2.78. The van der Waals surface area contributed by atoms with Gasteiger partial charge in [-0.3, -0.25) is 4.98 Å². The minimum absolute atomic E-state index is 0.0912. The predicted octanol–water partition coefficient (Wildman–Crippen LogP) is 1.70. The minimum atomic E-state index is -0.0912. The van der Waals surface area contributed by atoms with Crippen molar-refractivity contribution in [1.29, 1.82) is 5.26 Å². The van der Waals surface area contributed by atoms with Crippen molar-refractivity contribution >= 4 is 11.8 Å². The molecule has 0 atom stereocenters. The van der Waals surface area contributed by atoms with E-state index in [4.69, 9.17) is 10.4 Å². The van der Waals surface area contributed by atoms with Crippen LogP contribution in [-0.4, -0.2) is 16.3 Å². The molecule has 16 heavy (non-hydrogen) atoms. The molecule has 0 aromatic carbocycles. The van der Waals surface area contributed by atoms with Gasteiger partial charge in [-0.05, 0) is 11.6 Å². The lowest BCUT2D eigenvalue weighted by molar-refractivity contribution is 0.277. The van der Waals surface area contributed by atoms with E-state index < -0.39 is 0 Å². The minimum Gasteiger partial charge on any atom is -0.390 e. The predicted molar refractivity (Wildman–Crippen MR) is 62.4 cm³/mol. The molecule has 0 aliphatic heterocycles. The van der Waals surface area contributed by atoms with Crippen LogP contribution >= 0.6 is 0 Å². The Kier molecular flexibility index (Phi) is 4.13. The quantitative estimate of drug-likeness (QED) is 0.611. The monoisotopic (exact) mass is 213 g/mol. The van der Waals surface area contributed by atoms with Gasteiger partial charge in [0.25, 0.3) is 0 Å². The lowest BCUT2D eigenvalue weighted by atomic mass is 10.1. The molecule has 4 heteroatoms. The fraction of sp³-hybridized carbons (Fsp3) is 0.0833. The highest BCUT2D eigenvalue weighted by atomic mass is 16.3. The molecule has 1 heterocycles. The fourth-order valence-electron chi connectivity index (χ4n) is 0.967. The molecular weight excluding hydrogens is 202 g/mol. The van der Waals surface area contributed by atoms with Crippen molar-refractivity contribution < 1.29 is 5.11 Å². The van der Waals surface area contributed by atoms with Crippen LogP contribution < -0.4 is 0 Å². The van der Waals surface area contributed by atoms with Crippen LogP contribution in [0.4, 0.5) is 0 Å². The molecule has 1 aromatic rings. The maximum absolute atomic E-state index is 8.82. The van der Waals surface area contributed by atoms with Crippen molar-refractivity contribution in [3.8, 4) is 6.07 Å². The first-order valence-corrected chi connectivity index (χ1v) is 4.55.